The van der Waals surface area contributed by atoms with Gasteiger partial charge in [-0.2, -0.15) is 0 Å². The second-order valence-corrected chi connectivity index (χ2v) is 6.86. The number of carbonyl (C=O) groups excluding carboxylic acids is 1. The van der Waals surface area contributed by atoms with Gasteiger partial charge in [-0.3, -0.25) is 9.69 Å². The predicted molar refractivity (Wildman–Crippen MR) is 88.8 cm³/mol. The molecule has 1 aromatic rings. The molecule has 0 aliphatic carbocycles. The lowest BCUT2D eigenvalue weighted by atomic mass is 9.95. The molecular weight excluding hydrogens is 330 g/mol. The van der Waals surface area contributed by atoms with Crippen LogP contribution < -0.4 is 5.73 Å². The van der Waals surface area contributed by atoms with E-state index in [1.807, 2.05) is 31.3 Å². The Kier molecular flexibility index (Phi) is 5.79. The summed E-state index contributed by atoms with van der Waals surface area (Å²) in [6.07, 6.45) is 0.975. The molecule has 1 aliphatic rings. The van der Waals surface area contributed by atoms with Crippen molar-refractivity contribution in [2.45, 2.75) is 25.9 Å². The van der Waals surface area contributed by atoms with E-state index < -0.39 is 0 Å². The van der Waals surface area contributed by atoms with E-state index in [9.17, 15) is 4.79 Å². The van der Waals surface area contributed by atoms with Gasteiger partial charge in [-0.05, 0) is 24.0 Å². The molecule has 1 aliphatic heterocycles. The van der Waals surface area contributed by atoms with Crippen LogP contribution in [0.25, 0.3) is 0 Å². The highest BCUT2D eigenvalue weighted by Crippen LogP contribution is 2.18. The monoisotopic (exact) mass is 353 g/mol. The Morgan fingerprint density at radius 2 is 2.19 bits per heavy atom. The number of likely N-dealkylation sites (N-methyl/N-ethyl adjacent to an activating group) is 1. The molecule has 4 nitrogen and oxygen atoms in total. The number of benzene rings is 1. The third-order valence-corrected chi connectivity index (χ3v) is 4.98. The lowest BCUT2D eigenvalue weighted by Gasteiger charge is -2.35. The predicted octanol–water partition coefficient (Wildman–Crippen LogP) is 2.08. The van der Waals surface area contributed by atoms with Crippen LogP contribution in [0.1, 0.15) is 18.9 Å². The summed E-state index contributed by atoms with van der Waals surface area (Å²) < 4.78 is 1.04. The fourth-order valence-corrected chi connectivity index (χ4v) is 3.09. The zero-order valence-corrected chi connectivity index (χ0v) is 14.3. The lowest BCUT2D eigenvalue weighted by molar-refractivity contribution is -0.132. The summed E-state index contributed by atoms with van der Waals surface area (Å²) in [5, 5.41) is 0. The normalized spacial score (nSPS) is 23.0. The first kappa shape index (κ1) is 16.5. The Bertz CT molecular complexity index is 494. The van der Waals surface area contributed by atoms with Gasteiger partial charge < -0.3 is 10.6 Å². The van der Waals surface area contributed by atoms with Gasteiger partial charge in [0.05, 0.1) is 6.54 Å². The van der Waals surface area contributed by atoms with Gasteiger partial charge in [0, 0.05) is 37.2 Å². The quantitative estimate of drug-likeness (QED) is 0.901. The summed E-state index contributed by atoms with van der Waals surface area (Å²) in [7, 11) is 1.86. The van der Waals surface area contributed by atoms with E-state index in [2.05, 4.69) is 27.8 Å². The Labute approximate surface area is 135 Å². The smallest absolute Gasteiger partial charge is 0.236 e. The van der Waals surface area contributed by atoms with Gasteiger partial charge in [0.25, 0.3) is 0 Å². The average molecular weight is 354 g/mol. The Morgan fingerprint density at radius 3 is 2.86 bits per heavy atom. The summed E-state index contributed by atoms with van der Waals surface area (Å²) in [6.45, 7) is 5.10. The molecule has 1 amide bonds. The molecule has 0 aromatic heterocycles. The number of hydrogen-bond donors (Lipinski definition) is 1. The van der Waals surface area contributed by atoms with Crippen LogP contribution in [0, 0.1) is 5.92 Å². The van der Waals surface area contributed by atoms with Crippen LogP contribution in [0.4, 0.5) is 0 Å². The number of amides is 1. The van der Waals surface area contributed by atoms with Gasteiger partial charge >= 0.3 is 0 Å². The zero-order valence-electron chi connectivity index (χ0n) is 12.8. The van der Waals surface area contributed by atoms with Gasteiger partial charge in [-0.1, -0.05) is 41.1 Å². The van der Waals surface area contributed by atoms with E-state index in [0.717, 1.165) is 29.5 Å². The standard InChI is InChI=1S/C16H24BrN3O/c1-12-9-20(8-7-15(12)18)11-16(21)19(2)10-13-5-3-4-6-14(13)17/h3-6,12,15H,7-11,18H2,1-2H3. The van der Waals surface area contributed by atoms with E-state index in [-0.39, 0.29) is 11.9 Å². The third kappa shape index (κ3) is 4.53. The third-order valence-electron chi connectivity index (χ3n) is 4.21. The SMILES string of the molecule is CC1CN(CC(=O)N(C)Cc2ccccc2Br)CCC1N. The van der Waals surface area contributed by atoms with Gasteiger partial charge in [0.15, 0.2) is 0 Å². The molecule has 116 valence electrons. The maximum Gasteiger partial charge on any atom is 0.236 e. The van der Waals surface area contributed by atoms with E-state index >= 15 is 0 Å². The van der Waals surface area contributed by atoms with Gasteiger partial charge in [-0.15, -0.1) is 0 Å². The molecule has 2 unspecified atom stereocenters. The van der Waals surface area contributed by atoms with Crippen molar-refractivity contribution in [3.63, 3.8) is 0 Å². The second-order valence-electron chi connectivity index (χ2n) is 6.01. The molecule has 0 bridgehead atoms. The van der Waals surface area contributed by atoms with Crippen molar-refractivity contribution in [3.05, 3.63) is 34.3 Å². The fourth-order valence-electron chi connectivity index (χ4n) is 2.68. The molecule has 0 radical (unpaired) electrons. The van der Waals surface area contributed by atoms with Crippen LogP contribution in [-0.4, -0.2) is 48.4 Å². The van der Waals surface area contributed by atoms with E-state index in [0.29, 0.717) is 19.0 Å². The molecule has 0 saturated carbocycles. The van der Waals surface area contributed by atoms with Crippen LogP contribution in [0.15, 0.2) is 28.7 Å². The summed E-state index contributed by atoms with van der Waals surface area (Å²) in [5.41, 5.74) is 7.15. The molecule has 1 heterocycles. The lowest BCUT2D eigenvalue weighted by Crippen LogP contribution is -2.49. The maximum absolute atomic E-state index is 12.4. The number of hydrogen-bond acceptors (Lipinski definition) is 3. The highest BCUT2D eigenvalue weighted by atomic mass is 79.9. The number of rotatable bonds is 4. The molecule has 2 N–H and O–H groups in total. The molecular formula is C16H24BrN3O. The number of carbonyl (C=O) groups is 1. The van der Waals surface area contributed by atoms with Gasteiger partial charge in [0.1, 0.15) is 0 Å². The minimum atomic E-state index is 0.161. The molecule has 1 aromatic carbocycles. The summed E-state index contributed by atoms with van der Waals surface area (Å²) >= 11 is 3.52. The highest BCUT2D eigenvalue weighted by molar-refractivity contribution is 9.10. The van der Waals surface area contributed by atoms with Crippen molar-refractivity contribution >= 4 is 21.8 Å². The van der Waals surface area contributed by atoms with Gasteiger partial charge in [-0.25, -0.2) is 0 Å². The first-order valence-corrected chi connectivity index (χ1v) is 8.22. The Balaban J connectivity index is 1.87. The van der Waals surface area contributed by atoms with Crippen molar-refractivity contribution in [1.29, 1.82) is 0 Å². The number of nitrogens with zero attached hydrogens (tertiary/aromatic N) is 2. The molecule has 5 heteroatoms. The van der Waals surface area contributed by atoms with Crippen LogP contribution in [0.3, 0.4) is 0 Å². The summed E-state index contributed by atoms with van der Waals surface area (Å²) in [6, 6.07) is 8.28. The molecule has 0 spiro atoms. The number of likely N-dealkylation sites (tertiary alicyclic amines) is 1. The topological polar surface area (TPSA) is 49.6 Å². The second kappa shape index (κ2) is 7.38. The van der Waals surface area contributed by atoms with E-state index in [4.69, 9.17) is 5.73 Å². The molecule has 1 fully saturated rings. The number of piperidine rings is 1. The van der Waals surface area contributed by atoms with E-state index in [1.165, 1.54) is 0 Å². The summed E-state index contributed by atoms with van der Waals surface area (Å²) in [4.78, 5) is 16.4. The van der Waals surface area contributed by atoms with Gasteiger partial charge in [0.2, 0.25) is 5.91 Å². The zero-order chi connectivity index (χ0) is 15.4. The molecule has 21 heavy (non-hydrogen) atoms. The fraction of sp³-hybridized carbons (Fsp3) is 0.562. The molecule has 2 rings (SSSR count). The van der Waals surface area contributed by atoms with Crippen LogP contribution in [0.5, 0.6) is 0 Å². The largest absolute Gasteiger partial charge is 0.340 e. The van der Waals surface area contributed by atoms with Crippen molar-refractivity contribution < 1.29 is 4.79 Å². The van der Waals surface area contributed by atoms with Crippen molar-refractivity contribution in [2.24, 2.45) is 11.7 Å². The number of nitrogens with two attached hydrogens (primary N) is 1. The van der Waals surface area contributed by atoms with Crippen molar-refractivity contribution in [1.82, 2.24) is 9.80 Å². The first-order valence-electron chi connectivity index (χ1n) is 7.42. The van der Waals surface area contributed by atoms with Crippen LogP contribution >= 0.6 is 15.9 Å². The summed E-state index contributed by atoms with van der Waals surface area (Å²) in [5.74, 6) is 0.619. The molecule has 2 atom stereocenters. The van der Waals surface area contributed by atoms with Crippen LogP contribution in [-0.2, 0) is 11.3 Å². The van der Waals surface area contributed by atoms with Crippen LogP contribution in [0.2, 0.25) is 0 Å². The minimum absolute atomic E-state index is 0.161. The average Bonchev–Trinajstić information content (AvgIpc) is 2.45. The van der Waals surface area contributed by atoms with E-state index in [1.54, 1.807) is 4.90 Å². The highest BCUT2D eigenvalue weighted by Gasteiger charge is 2.25. The number of halogens is 1. The van der Waals surface area contributed by atoms with Crippen molar-refractivity contribution in [2.75, 3.05) is 26.7 Å². The Hall–Kier alpha value is -0.910. The first-order chi connectivity index (χ1) is 9.97. The Morgan fingerprint density at radius 1 is 1.48 bits per heavy atom. The van der Waals surface area contributed by atoms with Crippen molar-refractivity contribution in [3.8, 4) is 0 Å². The minimum Gasteiger partial charge on any atom is -0.340 e. The molecule has 1 saturated heterocycles. The maximum atomic E-state index is 12.4.